The first-order valence-electron chi connectivity index (χ1n) is 11.7. The van der Waals surface area contributed by atoms with Crippen molar-refractivity contribution in [2.45, 2.75) is 29.8 Å². The fraction of sp³-hybridized carbons (Fsp3) is 0.333. The van der Waals surface area contributed by atoms with E-state index in [1.807, 2.05) is 60.7 Å². The Kier molecular flexibility index (Phi) is 7.68. The van der Waals surface area contributed by atoms with E-state index in [9.17, 15) is 13.5 Å². The molecule has 0 radical (unpaired) electrons. The van der Waals surface area contributed by atoms with Crippen molar-refractivity contribution in [1.29, 1.82) is 0 Å². The number of likely N-dealkylation sites (tertiary alicyclic amines) is 1. The largest absolute Gasteiger partial charge is 0.494 e. The van der Waals surface area contributed by atoms with Crippen molar-refractivity contribution in [2.75, 3.05) is 26.2 Å². The van der Waals surface area contributed by atoms with Crippen molar-refractivity contribution >= 4 is 10.0 Å². The van der Waals surface area contributed by atoms with Crippen LogP contribution in [0.5, 0.6) is 5.75 Å². The predicted octanol–water partition coefficient (Wildman–Crippen LogP) is 3.75. The Hall–Kier alpha value is -2.71. The number of piperidine rings is 1. The molecule has 4 rings (SSSR count). The number of hydrogen-bond donors (Lipinski definition) is 2. The Morgan fingerprint density at radius 3 is 1.91 bits per heavy atom. The maximum absolute atomic E-state index is 12.0. The number of benzene rings is 3. The first kappa shape index (κ1) is 24.4. The Morgan fingerprint density at radius 2 is 1.41 bits per heavy atom. The molecule has 3 N–H and O–H groups in total. The van der Waals surface area contributed by atoms with Gasteiger partial charge in [0.1, 0.15) is 11.4 Å². The molecule has 0 saturated carbocycles. The molecule has 1 aliphatic rings. The van der Waals surface area contributed by atoms with E-state index in [0.29, 0.717) is 12.4 Å². The molecule has 3 aromatic carbocycles. The van der Waals surface area contributed by atoms with E-state index in [0.717, 1.165) is 50.0 Å². The summed E-state index contributed by atoms with van der Waals surface area (Å²) >= 11 is 0. The number of ether oxygens (including phenoxy) is 1. The summed E-state index contributed by atoms with van der Waals surface area (Å²) in [5.74, 6) is 0.768. The number of primary sulfonamides is 1. The Labute approximate surface area is 202 Å². The molecule has 0 bridgehead atoms. The van der Waals surface area contributed by atoms with Gasteiger partial charge in [0.25, 0.3) is 0 Å². The second-order valence-corrected chi connectivity index (χ2v) is 10.4. The average Bonchev–Trinajstić information content (AvgIpc) is 2.87. The van der Waals surface area contributed by atoms with Crippen LogP contribution in [0.15, 0.2) is 89.8 Å². The maximum Gasteiger partial charge on any atom is 0.238 e. The molecular weight excluding hydrogens is 448 g/mol. The highest BCUT2D eigenvalue weighted by atomic mass is 32.2. The van der Waals surface area contributed by atoms with Crippen LogP contribution in [0.2, 0.25) is 0 Å². The van der Waals surface area contributed by atoms with E-state index in [-0.39, 0.29) is 10.8 Å². The summed E-state index contributed by atoms with van der Waals surface area (Å²) in [7, 11) is -3.69. The smallest absolute Gasteiger partial charge is 0.238 e. The van der Waals surface area contributed by atoms with Crippen molar-refractivity contribution in [1.82, 2.24) is 4.90 Å². The number of rotatable bonds is 9. The first-order chi connectivity index (χ1) is 16.4. The van der Waals surface area contributed by atoms with Gasteiger partial charge in [0.2, 0.25) is 10.0 Å². The minimum absolute atomic E-state index is 0.0775. The zero-order chi connectivity index (χ0) is 24.0. The van der Waals surface area contributed by atoms with Gasteiger partial charge in [-0.05, 0) is 73.7 Å². The quantitative estimate of drug-likeness (QED) is 0.455. The molecule has 0 aromatic heterocycles. The highest BCUT2D eigenvalue weighted by Gasteiger charge is 2.41. The van der Waals surface area contributed by atoms with Crippen LogP contribution in [0.4, 0.5) is 0 Å². The second-order valence-electron chi connectivity index (χ2n) is 8.83. The highest BCUT2D eigenvalue weighted by Crippen LogP contribution is 2.41. The van der Waals surface area contributed by atoms with Crippen molar-refractivity contribution < 1.29 is 18.3 Å². The molecule has 1 saturated heterocycles. The van der Waals surface area contributed by atoms with Crippen LogP contribution < -0.4 is 9.88 Å². The topological polar surface area (TPSA) is 92.9 Å². The number of sulfonamides is 1. The minimum Gasteiger partial charge on any atom is -0.494 e. The Balaban J connectivity index is 1.30. The van der Waals surface area contributed by atoms with Gasteiger partial charge in [-0.25, -0.2) is 13.6 Å². The van der Waals surface area contributed by atoms with E-state index in [4.69, 9.17) is 9.88 Å². The second kappa shape index (κ2) is 10.7. The molecule has 6 nitrogen and oxygen atoms in total. The van der Waals surface area contributed by atoms with Gasteiger partial charge in [-0.15, -0.1) is 0 Å². The molecule has 0 unspecified atom stereocenters. The van der Waals surface area contributed by atoms with E-state index in [2.05, 4.69) is 4.90 Å². The summed E-state index contributed by atoms with van der Waals surface area (Å²) in [6.45, 7) is 3.31. The van der Waals surface area contributed by atoms with Crippen LogP contribution in [-0.4, -0.2) is 44.7 Å². The van der Waals surface area contributed by atoms with E-state index >= 15 is 0 Å². The van der Waals surface area contributed by atoms with Gasteiger partial charge in [0.15, 0.2) is 0 Å². The lowest BCUT2D eigenvalue weighted by atomic mass is 9.72. The summed E-state index contributed by atoms with van der Waals surface area (Å²) in [6, 6.07) is 26.1. The number of hydrogen-bond acceptors (Lipinski definition) is 5. The highest BCUT2D eigenvalue weighted by molar-refractivity contribution is 7.89. The standard InChI is InChI=1S/C27H32N2O4S/c28-34(31,32)26-14-12-25(13-15-26)33-21-7-18-29-19-16-24(17-20-29)27(30,22-8-3-1-4-9-22)23-10-5-2-6-11-23/h1-6,8-15,24,30H,7,16-21H2,(H2,28,31,32). The average molecular weight is 481 g/mol. The van der Waals surface area contributed by atoms with Gasteiger partial charge >= 0.3 is 0 Å². The van der Waals surface area contributed by atoms with E-state index in [1.165, 1.54) is 12.1 Å². The van der Waals surface area contributed by atoms with Crippen molar-refractivity contribution in [3.63, 3.8) is 0 Å². The summed E-state index contributed by atoms with van der Waals surface area (Å²) in [4.78, 5) is 2.49. The molecule has 0 aliphatic carbocycles. The van der Waals surface area contributed by atoms with Gasteiger partial charge in [-0.3, -0.25) is 0 Å². The molecule has 0 spiro atoms. The Morgan fingerprint density at radius 1 is 0.882 bits per heavy atom. The molecule has 1 heterocycles. The van der Waals surface area contributed by atoms with Crippen molar-refractivity contribution in [3.05, 3.63) is 96.1 Å². The van der Waals surface area contributed by atoms with Crippen LogP contribution in [0.3, 0.4) is 0 Å². The number of aliphatic hydroxyl groups is 1. The van der Waals surface area contributed by atoms with Gasteiger partial charge in [0, 0.05) is 6.54 Å². The third-order valence-corrected chi connectivity index (χ3v) is 7.58. The van der Waals surface area contributed by atoms with Crippen LogP contribution in [0.1, 0.15) is 30.4 Å². The van der Waals surface area contributed by atoms with Gasteiger partial charge in [-0.2, -0.15) is 0 Å². The van der Waals surface area contributed by atoms with Crippen LogP contribution in [0.25, 0.3) is 0 Å². The molecule has 34 heavy (non-hydrogen) atoms. The molecule has 180 valence electrons. The summed E-state index contributed by atoms with van der Waals surface area (Å²) in [5.41, 5.74) is 0.893. The Bertz CT molecular complexity index is 1100. The molecule has 1 aliphatic heterocycles. The van der Waals surface area contributed by atoms with E-state index < -0.39 is 15.6 Å². The molecule has 0 amide bonds. The fourth-order valence-corrected chi connectivity index (χ4v) is 5.32. The minimum atomic E-state index is -3.69. The number of nitrogens with zero attached hydrogens (tertiary/aromatic N) is 1. The zero-order valence-corrected chi connectivity index (χ0v) is 20.0. The monoisotopic (exact) mass is 480 g/mol. The third-order valence-electron chi connectivity index (χ3n) is 6.65. The van der Waals surface area contributed by atoms with Crippen LogP contribution >= 0.6 is 0 Å². The molecular formula is C27H32N2O4S. The number of nitrogens with two attached hydrogens (primary N) is 1. The molecule has 7 heteroatoms. The van der Waals surface area contributed by atoms with Gasteiger partial charge in [-0.1, -0.05) is 60.7 Å². The first-order valence-corrected chi connectivity index (χ1v) is 13.2. The van der Waals surface area contributed by atoms with Crippen molar-refractivity contribution in [2.24, 2.45) is 11.1 Å². The molecule has 3 aromatic rings. The van der Waals surface area contributed by atoms with Gasteiger partial charge in [0.05, 0.1) is 11.5 Å². The third kappa shape index (κ3) is 5.67. The summed E-state index contributed by atoms with van der Waals surface area (Å²) in [6.07, 6.45) is 2.69. The lowest BCUT2D eigenvalue weighted by Crippen LogP contribution is -2.44. The van der Waals surface area contributed by atoms with Gasteiger partial charge < -0.3 is 14.7 Å². The zero-order valence-electron chi connectivity index (χ0n) is 19.2. The van der Waals surface area contributed by atoms with Crippen molar-refractivity contribution in [3.8, 4) is 5.75 Å². The lowest BCUT2D eigenvalue weighted by Gasteiger charge is -2.42. The molecule has 0 atom stereocenters. The summed E-state index contributed by atoms with van der Waals surface area (Å²) in [5, 5.41) is 17.1. The lowest BCUT2D eigenvalue weighted by molar-refractivity contribution is -0.0146. The normalized spacial score (nSPS) is 15.8. The SMILES string of the molecule is NS(=O)(=O)c1ccc(OCCCN2CCC(C(O)(c3ccccc3)c3ccccc3)CC2)cc1. The molecule has 1 fully saturated rings. The summed E-state index contributed by atoms with van der Waals surface area (Å²) < 4.78 is 28.4. The fourth-order valence-electron chi connectivity index (χ4n) is 4.80. The van der Waals surface area contributed by atoms with E-state index in [1.54, 1.807) is 12.1 Å². The maximum atomic E-state index is 12.0. The predicted molar refractivity (Wildman–Crippen MR) is 133 cm³/mol. The van der Waals surface area contributed by atoms with Crippen LogP contribution in [-0.2, 0) is 15.6 Å². The van der Waals surface area contributed by atoms with Crippen LogP contribution in [0, 0.1) is 5.92 Å².